The van der Waals surface area contributed by atoms with Gasteiger partial charge in [-0.1, -0.05) is 6.07 Å². The maximum atomic E-state index is 4.75. The van der Waals surface area contributed by atoms with Crippen LogP contribution in [-0.2, 0) is 7.05 Å². The summed E-state index contributed by atoms with van der Waals surface area (Å²) in [7, 11) is 2.10. The monoisotopic (exact) mass is 327 g/mol. The minimum Gasteiger partial charge on any atom is -0.331 e. The average Bonchev–Trinajstić information content (AvgIpc) is 3.23. The molecule has 1 unspecified atom stereocenters. The third kappa shape index (κ3) is 3.08. The fourth-order valence-electron chi connectivity index (χ4n) is 4.17. The number of nitrogens with one attached hydrogen (secondary N) is 1. The van der Waals surface area contributed by atoms with Crippen LogP contribution in [0.4, 0.5) is 0 Å². The summed E-state index contributed by atoms with van der Waals surface area (Å²) < 4.78 is 2.18. The number of aryl methyl sites for hydroxylation is 2. The summed E-state index contributed by atoms with van der Waals surface area (Å²) in [6.07, 6.45) is 2.67. The van der Waals surface area contributed by atoms with Crippen LogP contribution in [0.2, 0.25) is 0 Å². The Morgan fingerprint density at radius 1 is 1.12 bits per heavy atom. The molecule has 2 saturated heterocycles. The molecular formula is C19H29N5. The Bertz CT molecular complexity index is 695. The molecule has 4 rings (SSSR count). The quantitative estimate of drug-likeness (QED) is 0.931. The van der Waals surface area contributed by atoms with E-state index < -0.39 is 0 Å². The van der Waals surface area contributed by atoms with E-state index in [4.69, 9.17) is 4.98 Å². The lowest BCUT2D eigenvalue weighted by Crippen LogP contribution is -2.47. The van der Waals surface area contributed by atoms with Gasteiger partial charge >= 0.3 is 0 Å². The molecule has 0 saturated carbocycles. The van der Waals surface area contributed by atoms with Gasteiger partial charge in [-0.2, -0.15) is 0 Å². The highest BCUT2D eigenvalue weighted by Crippen LogP contribution is 2.28. The number of hydrogen-bond donors (Lipinski definition) is 1. The topological polar surface area (TPSA) is 36.3 Å². The van der Waals surface area contributed by atoms with Crippen molar-refractivity contribution in [2.75, 3.05) is 45.8 Å². The number of piperazine rings is 1. The van der Waals surface area contributed by atoms with Gasteiger partial charge in [0.25, 0.3) is 0 Å². The molecule has 130 valence electrons. The molecule has 0 spiro atoms. The van der Waals surface area contributed by atoms with E-state index in [0.29, 0.717) is 6.04 Å². The van der Waals surface area contributed by atoms with Crippen molar-refractivity contribution >= 4 is 11.0 Å². The Morgan fingerprint density at radius 3 is 2.62 bits per heavy atom. The third-order valence-corrected chi connectivity index (χ3v) is 5.74. The first-order valence-corrected chi connectivity index (χ1v) is 9.32. The van der Waals surface area contributed by atoms with Crippen LogP contribution in [0.15, 0.2) is 18.2 Å². The Balaban J connectivity index is 1.63. The van der Waals surface area contributed by atoms with Gasteiger partial charge in [-0.3, -0.25) is 9.80 Å². The predicted molar refractivity (Wildman–Crippen MR) is 98.3 cm³/mol. The zero-order valence-corrected chi connectivity index (χ0v) is 15.0. The van der Waals surface area contributed by atoms with Gasteiger partial charge in [0.1, 0.15) is 5.82 Å². The molecule has 5 nitrogen and oxygen atoms in total. The summed E-state index contributed by atoms with van der Waals surface area (Å²) in [5, 5.41) is 3.46. The SMILES string of the molecule is Cc1nc2cc(C(CN3CCNCC3)N3CCCC3)ccc2n1C. The molecule has 1 atom stereocenters. The first-order chi connectivity index (χ1) is 11.7. The van der Waals surface area contributed by atoms with E-state index >= 15 is 0 Å². The Morgan fingerprint density at radius 2 is 1.88 bits per heavy atom. The fourth-order valence-corrected chi connectivity index (χ4v) is 4.17. The van der Waals surface area contributed by atoms with Gasteiger partial charge in [0.15, 0.2) is 0 Å². The van der Waals surface area contributed by atoms with E-state index in [1.807, 2.05) is 0 Å². The normalized spacial score (nSPS) is 21.6. The summed E-state index contributed by atoms with van der Waals surface area (Å²) in [6, 6.07) is 7.41. The highest BCUT2D eigenvalue weighted by Gasteiger charge is 2.26. The van der Waals surface area contributed by atoms with Crippen LogP contribution < -0.4 is 5.32 Å². The smallest absolute Gasteiger partial charge is 0.106 e. The van der Waals surface area contributed by atoms with Crippen molar-refractivity contribution in [2.24, 2.45) is 7.05 Å². The van der Waals surface area contributed by atoms with E-state index in [2.05, 4.69) is 51.9 Å². The van der Waals surface area contributed by atoms with Gasteiger partial charge < -0.3 is 9.88 Å². The average molecular weight is 327 g/mol. The highest BCUT2D eigenvalue weighted by molar-refractivity contribution is 5.77. The van der Waals surface area contributed by atoms with Crippen molar-refractivity contribution in [2.45, 2.75) is 25.8 Å². The lowest BCUT2D eigenvalue weighted by molar-refractivity contribution is 0.150. The van der Waals surface area contributed by atoms with Crippen LogP contribution in [0.1, 0.15) is 30.3 Å². The van der Waals surface area contributed by atoms with Crippen LogP contribution in [0, 0.1) is 6.92 Å². The van der Waals surface area contributed by atoms with E-state index in [1.165, 1.54) is 37.0 Å². The molecule has 1 aromatic heterocycles. The van der Waals surface area contributed by atoms with Crippen molar-refractivity contribution in [1.82, 2.24) is 24.7 Å². The predicted octanol–water partition coefficient (Wildman–Crippen LogP) is 1.92. The second kappa shape index (κ2) is 6.82. The molecule has 3 heterocycles. The maximum absolute atomic E-state index is 4.75. The van der Waals surface area contributed by atoms with Crippen molar-refractivity contribution in [1.29, 1.82) is 0 Å². The summed E-state index contributed by atoms with van der Waals surface area (Å²) in [6.45, 7) is 10.2. The molecule has 0 bridgehead atoms. The van der Waals surface area contributed by atoms with Crippen molar-refractivity contribution in [3.63, 3.8) is 0 Å². The first kappa shape index (κ1) is 16.1. The molecule has 0 aliphatic carbocycles. The number of imidazole rings is 1. The molecule has 0 amide bonds. The molecule has 0 radical (unpaired) electrons. The van der Waals surface area contributed by atoms with E-state index in [9.17, 15) is 0 Å². The van der Waals surface area contributed by atoms with Crippen LogP contribution in [0.5, 0.6) is 0 Å². The second-order valence-corrected chi connectivity index (χ2v) is 7.28. The van der Waals surface area contributed by atoms with E-state index in [1.54, 1.807) is 0 Å². The highest BCUT2D eigenvalue weighted by atomic mass is 15.2. The lowest BCUT2D eigenvalue weighted by atomic mass is 10.0. The van der Waals surface area contributed by atoms with Crippen molar-refractivity contribution in [3.05, 3.63) is 29.6 Å². The Kier molecular flexibility index (Phi) is 4.57. The Labute approximate surface area is 144 Å². The number of benzene rings is 1. The molecular weight excluding hydrogens is 298 g/mol. The zero-order chi connectivity index (χ0) is 16.5. The van der Waals surface area contributed by atoms with Gasteiger partial charge in [0, 0.05) is 45.8 Å². The third-order valence-electron chi connectivity index (χ3n) is 5.74. The van der Waals surface area contributed by atoms with Gasteiger partial charge in [-0.15, -0.1) is 0 Å². The number of hydrogen-bond acceptors (Lipinski definition) is 4. The number of fused-ring (bicyclic) bond motifs is 1. The number of nitrogens with zero attached hydrogens (tertiary/aromatic N) is 4. The molecule has 2 aromatic rings. The number of aromatic nitrogens is 2. The Hall–Kier alpha value is -1.43. The van der Waals surface area contributed by atoms with Crippen LogP contribution in [0.3, 0.4) is 0 Å². The molecule has 1 N–H and O–H groups in total. The summed E-state index contributed by atoms with van der Waals surface area (Å²) in [5.74, 6) is 1.09. The zero-order valence-electron chi connectivity index (χ0n) is 15.0. The summed E-state index contributed by atoms with van der Waals surface area (Å²) in [5.41, 5.74) is 3.80. The number of rotatable bonds is 4. The summed E-state index contributed by atoms with van der Waals surface area (Å²) >= 11 is 0. The van der Waals surface area contributed by atoms with Gasteiger partial charge in [0.2, 0.25) is 0 Å². The lowest BCUT2D eigenvalue weighted by Gasteiger charge is -2.35. The standard InChI is InChI=1S/C19H29N5/c1-15-21-17-13-16(5-6-18(17)22(15)2)19(24-9-3-4-10-24)14-23-11-7-20-8-12-23/h5-6,13,19-20H,3-4,7-12,14H2,1-2H3. The molecule has 2 aliphatic heterocycles. The van der Waals surface area contributed by atoms with Crippen molar-refractivity contribution < 1.29 is 0 Å². The van der Waals surface area contributed by atoms with Crippen LogP contribution in [0.25, 0.3) is 11.0 Å². The van der Waals surface area contributed by atoms with Crippen molar-refractivity contribution in [3.8, 4) is 0 Å². The molecule has 2 fully saturated rings. The largest absolute Gasteiger partial charge is 0.331 e. The second-order valence-electron chi connectivity index (χ2n) is 7.28. The number of likely N-dealkylation sites (tertiary alicyclic amines) is 1. The first-order valence-electron chi connectivity index (χ1n) is 9.32. The fraction of sp³-hybridized carbons (Fsp3) is 0.632. The van der Waals surface area contributed by atoms with Crippen LogP contribution >= 0.6 is 0 Å². The molecule has 5 heteroatoms. The van der Waals surface area contributed by atoms with Gasteiger partial charge in [0.05, 0.1) is 11.0 Å². The molecule has 24 heavy (non-hydrogen) atoms. The maximum Gasteiger partial charge on any atom is 0.106 e. The minimum atomic E-state index is 0.498. The van der Waals surface area contributed by atoms with Gasteiger partial charge in [-0.25, -0.2) is 4.98 Å². The van der Waals surface area contributed by atoms with E-state index in [0.717, 1.165) is 44.1 Å². The van der Waals surface area contributed by atoms with E-state index in [-0.39, 0.29) is 0 Å². The summed E-state index contributed by atoms with van der Waals surface area (Å²) in [4.78, 5) is 10.0. The van der Waals surface area contributed by atoms with Crippen LogP contribution in [-0.4, -0.2) is 65.2 Å². The molecule has 1 aromatic carbocycles. The minimum absolute atomic E-state index is 0.498. The van der Waals surface area contributed by atoms with Gasteiger partial charge in [-0.05, 0) is 50.6 Å². The molecule has 2 aliphatic rings.